The molecule has 1 aliphatic heterocycles. The van der Waals surface area contributed by atoms with Gasteiger partial charge in [0, 0.05) is 38.8 Å². The number of hydrogen-bond donors (Lipinski definition) is 2. The Morgan fingerprint density at radius 3 is 2.34 bits per heavy atom. The number of unbranched alkanes of at least 4 members (excludes halogenated alkanes) is 1. The summed E-state index contributed by atoms with van der Waals surface area (Å²) in [4.78, 5) is 7.37. The van der Waals surface area contributed by atoms with Crippen LogP contribution in [0.1, 0.15) is 47.0 Å². The summed E-state index contributed by atoms with van der Waals surface area (Å²) in [5.41, 5.74) is 0. The van der Waals surface area contributed by atoms with Crippen LogP contribution in [0.2, 0.25) is 0 Å². The van der Waals surface area contributed by atoms with Crippen molar-refractivity contribution in [3.8, 4) is 0 Å². The summed E-state index contributed by atoms with van der Waals surface area (Å²) >= 11 is 0. The van der Waals surface area contributed by atoms with Gasteiger partial charge >= 0.3 is 0 Å². The lowest BCUT2D eigenvalue weighted by atomic mass is 10.0. The number of hydrogen-bond acceptors (Lipinski definition) is 5. The zero-order chi connectivity index (χ0) is 20.5. The highest BCUT2D eigenvalue weighted by Crippen LogP contribution is 2.14. The van der Waals surface area contributed by atoms with Crippen LogP contribution in [-0.4, -0.2) is 89.3 Å². The average Bonchev–Trinajstić information content (AvgIpc) is 2.70. The molecule has 0 aromatic heterocycles. The molecule has 174 valence electrons. The smallest absolute Gasteiger partial charge is 0.191 e. The van der Waals surface area contributed by atoms with Gasteiger partial charge in [-0.05, 0) is 25.7 Å². The molecule has 2 N–H and O–H groups in total. The van der Waals surface area contributed by atoms with Crippen LogP contribution in [0.3, 0.4) is 0 Å². The van der Waals surface area contributed by atoms with Crippen molar-refractivity contribution in [3.63, 3.8) is 0 Å². The maximum absolute atomic E-state index is 5.62. The van der Waals surface area contributed by atoms with E-state index in [1.165, 1.54) is 6.42 Å². The Kier molecular flexibility index (Phi) is 19.7. The van der Waals surface area contributed by atoms with Crippen LogP contribution in [0.25, 0.3) is 0 Å². The number of ether oxygens (including phenoxy) is 3. The third kappa shape index (κ3) is 15.3. The van der Waals surface area contributed by atoms with Crippen LogP contribution in [-0.2, 0) is 14.2 Å². The number of halogens is 1. The van der Waals surface area contributed by atoms with Crippen LogP contribution in [0.5, 0.6) is 0 Å². The molecule has 0 spiro atoms. The second-order valence-corrected chi connectivity index (χ2v) is 7.66. The summed E-state index contributed by atoms with van der Waals surface area (Å²) in [7, 11) is 0. The van der Waals surface area contributed by atoms with Crippen molar-refractivity contribution in [3.05, 3.63) is 0 Å². The highest BCUT2D eigenvalue weighted by molar-refractivity contribution is 14.0. The summed E-state index contributed by atoms with van der Waals surface area (Å²) < 4.78 is 16.6. The zero-order valence-corrected chi connectivity index (χ0v) is 21.4. The number of morpholine rings is 1. The van der Waals surface area contributed by atoms with Gasteiger partial charge in [-0.2, -0.15) is 0 Å². The van der Waals surface area contributed by atoms with Gasteiger partial charge in [0.15, 0.2) is 5.96 Å². The van der Waals surface area contributed by atoms with Gasteiger partial charge in [0.1, 0.15) is 0 Å². The molecule has 0 aromatic rings. The van der Waals surface area contributed by atoms with E-state index in [0.717, 1.165) is 71.3 Å². The molecule has 0 amide bonds. The fraction of sp³-hybridized carbons (Fsp3) is 0.952. The quantitative estimate of drug-likeness (QED) is 0.148. The molecule has 1 aliphatic rings. The minimum absolute atomic E-state index is 0. The van der Waals surface area contributed by atoms with Crippen molar-refractivity contribution < 1.29 is 14.2 Å². The first-order valence-electron chi connectivity index (χ1n) is 11.2. The number of nitrogens with one attached hydrogen (secondary N) is 2. The Morgan fingerprint density at radius 2 is 1.72 bits per heavy atom. The average molecular weight is 529 g/mol. The Hall–Kier alpha value is -0.160. The summed E-state index contributed by atoms with van der Waals surface area (Å²) in [5.74, 6) is 1.53. The van der Waals surface area contributed by atoms with Gasteiger partial charge in [-0.25, -0.2) is 0 Å². The van der Waals surface area contributed by atoms with Gasteiger partial charge in [-0.1, -0.05) is 27.2 Å². The van der Waals surface area contributed by atoms with Crippen molar-refractivity contribution >= 4 is 29.9 Å². The lowest BCUT2D eigenvalue weighted by Gasteiger charge is -2.34. The Balaban J connectivity index is 0.00000784. The monoisotopic (exact) mass is 528 g/mol. The molecule has 1 fully saturated rings. The molecular formula is C21H45IN4O3. The number of rotatable bonds is 15. The van der Waals surface area contributed by atoms with E-state index in [-0.39, 0.29) is 24.0 Å². The van der Waals surface area contributed by atoms with Gasteiger partial charge in [0.05, 0.1) is 39.6 Å². The minimum Gasteiger partial charge on any atom is -0.379 e. The van der Waals surface area contributed by atoms with E-state index >= 15 is 0 Å². The second-order valence-electron chi connectivity index (χ2n) is 7.66. The van der Waals surface area contributed by atoms with Crippen LogP contribution >= 0.6 is 24.0 Å². The second kappa shape index (κ2) is 19.8. The van der Waals surface area contributed by atoms with Gasteiger partial charge < -0.3 is 24.8 Å². The summed E-state index contributed by atoms with van der Waals surface area (Å²) in [6.07, 6.45) is 3.44. The van der Waals surface area contributed by atoms with E-state index in [9.17, 15) is 0 Å². The molecule has 29 heavy (non-hydrogen) atoms. The highest BCUT2D eigenvalue weighted by atomic mass is 127. The van der Waals surface area contributed by atoms with Crippen molar-refractivity contribution in [1.82, 2.24) is 15.5 Å². The SMILES string of the molecule is CCCCOCCOCCNC(=NCC(CC(C)C)N1CCOCC1)NCC.I. The van der Waals surface area contributed by atoms with Gasteiger partial charge in [-0.15, -0.1) is 24.0 Å². The first-order chi connectivity index (χ1) is 13.7. The zero-order valence-electron chi connectivity index (χ0n) is 19.1. The summed E-state index contributed by atoms with van der Waals surface area (Å²) in [6.45, 7) is 17.7. The molecule has 0 aromatic carbocycles. The van der Waals surface area contributed by atoms with E-state index in [0.29, 0.717) is 31.8 Å². The largest absolute Gasteiger partial charge is 0.379 e. The minimum atomic E-state index is 0. The first kappa shape index (κ1) is 28.8. The van der Waals surface area contributed by atoms with Gasteiger partial charge in [-0.3, -0.25) is 9.89 Å². The third-order valence-electron chi connectivity index (χ3n) is 4.66. The van der Waals surface area contributed by atoms with Crippen molar-refractivity contribution in [2.45, 2.75) is 53.0 Å². The summed E-state index contributed by atoms with van der Waals surface area (Å²) in [6, 6.07) is 0.468. The van der Waals surface area contributed by atoms with Crippen molar-refractivity contribution in [2.24, 2.45) is 10.9 Å². The number of guanidine groups is 1. The molecule has 0 bridgehead atoms. The number of aliphatic imine (C=N–C) groups is 1. The molecule has 0 radical (unpaired) electrons. The van der Waals surface area contributed by atoms with Crippen LogP contribution < -0.4 is 10.6 Å². The molecule has 1 atom stereocenters. The Bertz CT molecular complexity index is 394. The van der Waals surface area contributed by atoms with Crippen LogP contribution in [0.4, 0.5) is 0 Å². The molecule has 1 heterocycles. The normalized spacial score (nSPS) is 16.5. The Morgan fingerprint density at radius 1 is 1.03 bits per heavy atom. The molecule has 0 aliphatic carbocycles. The fourth-order valence-electron chi connectivity index (χ4n) is 3.17. The molecule has 1 rings (SSSR count). The molecule has 1 unspecified atom stereocenters. The fourth-order valence-corrected chi connectivity index (χ4v) is 3.17. The standard InChI is InChI=1S/C21H44N4O3.HI/c1-5-7-11-26-15-16-27-12-8-23-21(22-6-2)24-18-20(17-19(3)4)25-9-13-28-14-10-25;/h19-20H,5-18H2,1-4H3,(H2,22,23,24);1H. The molecule has 1 saturated heterocycles. The van der Waals surface area contributed by atoms with Crippen LogP contribution in [0.15, 0.2) is 4.99 Å². The predicted octanol–water partition coefficient (Wildman–Crippen LogP) is 2.74. The van der Waals surface area contributed by atoms with Gasteiger partial charge in [0.25, 0.3) is 0 Å². The topological polar surface area (TPSA) is 67.4 Å². The summed E-state index contributed by atoms with van der Waals surface area (Å²) in [5, 5.41) is 6.71. The molecule has 0 saturated carbocycles. The van der Waals surface area contributed by atoms with E-state index < -0.39 is 0 Å². The van der Waals surface area contributed by atoms with Gasteiger partial charge in [0.2, 0.25) is 0 Å². The lowest BCUT2D eigenvalue weighted by Crippen LogP contribution is -2.46. The van der Waals surface area contributed by atoms with Crippen molar-refractivity contribution in [2.75, 3.05) is 72.4 Å². The van der Waals surface area contributed by atoms with E-state index in [2.05, 4.69) is 43.2 Å². The van der Waals surface area contributed by atoms with E-state index in [4.69, 9.17) is 19.2 Å². The first-order valence-corrected chi connectivity index (χ1v) is 11.2. The maximum Gasteiger partial charge on any atom is 0.191 e. The maximum atomic E-state index is 5.62. The Labute approximate surface area is 195 Å². The van der Waals surface area contributed by atoms with E-state index in [1.54, 1.807) is 0 Å². The van der Waals surface area contributed by atoms with E-state index in [1.807, 2.05) is 0 Å². The molecule has 7 nitrogen and oxygen atoms in total. The van der Waals surface area contributed by atoms with Crippen LogP contribution in [0, 0.1) is 5.92 Å². The highest BCUT2D eigenvalue weighted by Gasteiger charge is 2.21. The molecular weight excluding hydrogens is 483 g/mol. The predicted molar refractivity (Wildman–Crippen MR) is 132 cm³/mol. The molecule has 8 heteroatoms. The number of nitrogens with zero attached hydrogens (tertiary/aromatic N) is 2. The van der Waals surface area contributed by atoms with Crippen molar-refractivity contribution in [1.29, 1.82) is 0 Å². The third-order valence-corrected chi connectivity index (χ3v) is 4.66. The lowest BCUT2D eigenvalue weighted by molar-refractivity contribution is 0.0143.